The van der Waals surface area contributed by atoms with Crippen molar-refractivity contribution in [3.05, 3.63) is 21.9 Å². The minimum Gasteiger partial charge on any atom is -0.381 e. The van der Waals surface area contributed by atoms with Crippen LogP contribution in [0.2, 0.25) is 0 Å². The van der Waals surface area contributed by atoms with Crippen molar-refractivity contribution in [3.63, 3.8) is 0 Å². The lowest BCUT2D eigenvalue weighted by Crippen LogP contribution is -1.94. The maximum atomic E-state index is 5.34. The van der Waals surface area contributed by atoms with Gasteiger partial charge >= 0.3 is 0 Å². The van der Waals surface area contributed by atoms with Crippen molar-refractivity contribution in [2.45, 2.75) is 12.8 Å². The van der Waals surface area contributed by atoms with Crippen LogP contribution < -0.4 is 0 Å². The Labute approximate surface area is 64.6 Å². The summed E-state index contributed by atoms with van der Waals surface area (Å²) >= 11 is 1.86. The molecule has 0 N–H and O–H groups in total. The van der Waals surface area contributed by atoms with Gasteiger partial charge in [-0.25, -0.2) is 0 Å². The van der Waals surface area contributed by atoms with Crippen LogP contribution in [0.3, 0.4) is 0 Å². The van der Waals surface area contributed by atoms with Crippen LogP contribution in [0.25, 0.3) is 0 Å². The summed E-state index contributed by atoms with van der Waals surface area (Å²) in [6, 6.07) is 2.22. The SMILES string of the molecule is c1cc2c(s1)CCOCC2. The molecule has 2 heterocycles. The third-order valence-electron chi connectivity index (χ3n) is 1.83. The normalized spacial score (nSPS) is 18.0. The molecule has 0 saturated carbocycles. The summed E-state index contributed by atoms with van der Waals surface area (Å²) in [7, 11) is 0. The van der Waals surface area contributed by atoms with Crippen molar-refractivity contribution in [1.82, 2.24) is 0 Å². The lowest BCUT2D eigenvalue weighted by Gasteiger charge is -1.93. The molecule has 1 nitrogen and oxygen atoms in total. The van der Waals surface area contributed by atoms with Crippen molar-refractivity contribution in [1.29, 1.82) is 0 Å². The smallest absolute Gasteiger partial charge is 0.0514 e. The van der Waals surface area contributed by atoms with Crippen LogP contribution in [0, 0.1) is 0 Å². The molecule has 0 amide bonds. The molecule has 0 atom stereocenters. The minimum absolute atomic E-state index is 0.906. The Bertz CT molecular complexity index is 196. The molecule has 1 aliphatic heterocycles. The van der Waals surface area contributed by atoms with Gasteiger partial charge in [0.05, 0.1) is 13.2 Å². The van der Waals surface area contributed by atoms with Gasteiger partial charge in [-0.3, -0.25) is 0 Å². The second-order valence-electron chi connectivity index (χ2n) is 2.48. The summed E-state index contributed by atoms with van der Waals surface area (Å²) in [5.41, 5.74) is 1.50. The van der Waals surface area contributed by atoms with Crippen molar-refractivity contribution >= 4 is 11.3 Å². The van der Waals surface area contributed by atoms with Crippen LogP contribution in [0.5, 0.6) is 0 Å². The van der Waals surface area contributed by atoms with Crippen molar-refractivity contribution in [2.24, 2.45) is 0 Å². The van der Waals surface area contributed by atoms with E-state index in [1.165, 1.54) is 10.4 Å². The standard InChI is InChI=1S/C8H10OS/c1-4-9-5-2-8-7(1)3-6-10-8/h3,6H,1-2,4-5H2. The first-order chi connectivity index (χ1) is 4.97. The summed E-state index contributed by atoms with van der Waals surface area (Å²) < 4.78 is 5.34. The summed E-state index contributed by atoms with van der Waals surface area (Å²) in [6.07, 6.45) is 2.23. The second-order valence-corrected chi connectivity index (χ2v) is 3.48. The Kier molecular flexibility index (Phi) is 1.74. The van der Waals surface area contributed by atoms with Crippen LogP contribution in [0.4, 0.5) is 0 Å². The number of thiophene rings is 1. The van der Waals surface area contributed by atoms with E-state index in [0.717, 1.165) is 26.1 Å². The van der Waals surface area contributed by atoms with Crippen molar-refractivity contribution < 1.29 is 4.74 Å². The van der Waals surface area contributed by atoms with Gasteiger partial charge in [-0.2, -0.15) is 0 Å². The van der Waals surface area contributed by atoms with Gasteiger partial charge in [-0.1, -0.05) is 0 Å². The van der Waals surface area contributed by atoms with Gasteiger partial charge < -0.3 is 4.74 Å². The number of fused-ring (bicyclic) bond motifs is 1. The Morgan fingerprint density at radius 1 is 1.30 bits per heavy atom. The molecule has 0 bridgehead atoms. The van der Waals surface area contributed by atoms with E-state index in [1.54, 1.807) is 0 Å². The largest absolute Gasteiger partial charge is 0.381 e. The van der Waals surface area contributed by atoms with Gasteiger partial charge in [0.15, 0.2) is 0 Å². The summed E-state index contributed by atoms with van der Waals surface area (Å²) in [6.45, 7) is 1.82. The second kappa shape index (κ2) is 2.72. The summed E-state index contributed by atoms with van der Waals surface area (Å²) in [4.78, 5) is 1.53. The third kappa shape index (κ3) is 1.09. The first-order valence-electron chi connectivity index (χ1n) is 3.60. The third-order valence-corrected chi connectivity index (χ3v) is 2.85. The quantitative estimate of drug-likeness (QED) is 0.554. The van der Waals surface area contributed by atoms with Gasteiger partial charge in [0, 0.05) is 11.3 Å². The number of hydrogen-bond acceptors (Lipinski definition) is 2. The predicted octanol–water partition coefficient (Wildman–Crippen LogP) is 1.86. The maximum Gasteiger partial charge on any atom is 0.0514 e. The zero-order chi connectivity index (χ0) is 6.81. The summed E-state index contributed by atoms with van der Waals surface area (Å²) in [5.74, 6) is 0. The summed E-state index contributed by atoms with van der Waals surface area (Å²) in [5, 5.41) is 2.18. The first-order valence-corrected chi connectivity index (χ1v) is 4.48. The fourth-order valence-electron chi connectivity index (χ4n) is 1.26. The van der Waals surface area contributed by atoms with E-state index in [1.807, 2.05) is 11.3 Å². The van der Waals surface area contributed by atoms with Gasteiger partial charge in [0.1, 0.15) is 0 Å². The molecular weight excluding hydrogens is 144 g/mol. The first kappa shape index (κ1) is 6.38. The number of hydrogen-bond donors (Lipinski definition) is 0. The lowest BCUT2D eigenvalue weighted by atomic mass is 10.2. The van der Waals surface area contributed by atoms with Gasteiger partial charge in [0.25, 0.3) is 0 Å². The molecular formula is C8H10OS. The molecule has 0 spiro atoms. The molecule has 54 valence electrons. The number of rotatable bonds is 0. The molecule has 1 aromatic rings. The predicted molar refractivity (Wildman–Crippen MR) is 42.5 cm³/mol. The highest BCUT2D eigenvalue weighted by Gasteiger charge is 2.07. The highest BCUT2D eigenvalue weighted by atomic mass is 32.1. The Balaban J connectivity index is 2.28. The molecule has 10 heavy (non-hydrogen) atoms. The van der Waals surface area contributed by atoms with Gasteiger partial charge in [0.2, 0.25) is 0 Å². The zero-order valence-electron chi connectivity index (χ0n) is 5.80. The van der Waals surface area contributed by atoms with E-state index < -0.39 is 0 Å². The van der Waals surface area contributed by atoms with Crippen molar-refractivity contribution in [2.75, 3.05) is 13.2 Å². The average Bonchev–Trinajstić information content (AvgIpc) is 2.28. The van der Waals surface area contributed by atoms with Gasteiger partial charge in [-0.15, -0.1) is 11.3 Å². The van der Waals surface area contributed by atoms with E-state index in [2.05, 4.69) is 11.4 Å². The molecule has 0 radical (unpaired) electrons. The van der Waals surface area contributed by atoms with Crippen molar-refractivity contribution in [3.8, 4) is 0 Å². The molecule has 2 heteroatoms. The van der Waals surface area contributed by atoms with E-state index >= 15 is 0 Å². The van der Waals surface area contributed by atoms with Crippen LogP contribution in [0.1, 0.15) is 10.4 Å². The molecule has 2 rings (SSSR count). The lowest BCUT2D eigenvalue weighted by molar-refractivity contribution is 0.146. The Hall–Kier alpha value is -0.340. The number of ether oxygens (including phenoxy) is 1. The van der Waals surface area contributed by atoms with Gasteiger partial charge in [-0.05, 0) is 23.4 Å². The van der Waals surface area contributed by atoms with E-state index in [9.17, 15) is 0 Å². The van der Waals surface area contributed by atoms with Crippen LogP contribution in [-0.4, -0.2) is 13.2 Å². The molecule has 0 unspecified atom stereocenters. The highest BCUT2D eigenvalue weighted by molar-refractivity contribution is 7.10. The van der Waals surface area contributed by atoms with E-state index in [0.29, 0.717) is 0 Å². The van der Waals surface area contributed by atoms with Crippen LogP contribution >= 0.6 is 11.3 Å². The molecule has 0 saturated heterocycles. The highest BCUT2D eigenvalue weighted by Crippen LogP contribution is 2.19. The molecule has 0 aliphatic carbocycles. The van der Waals surface area contributed by atoms with Crippen LogP contribution in [-0.2, 0) is 17.6 Å². The molecule has 1 aromatic heterocycles. The zero-order valence-corrected chi connectivity index (χ0v) is 6.62. The monoisotopic (exact) mass is 154 g/mol. The van der Waals surface area contributed by atoms with E-state index in [4.69, 9.17) is 4.74 Å². The fraction of sp³-hybridized carbons (Fsp3) is 0.500. The Morgan fingerprint density at radius 3 is 3.20 bits per heavy atom. The molecule has 0 fully saturated rings. The minimum atomic E-state index is 0.906. The van der Waals surface area contributed by atoms with E-state index in [-0.39, 0.29) is 0 Å². The maximum absolute atomic E-state index is 5.34. The van der Waals surface area contributed by atoms with Crippen LogP contribution in [0.15, 0.2) is 11.4 Å². The molecule has 1 aliphatic rings. The topological polar surface area (TPSA) is 9.23 Å². The molecule has 0 aromatic carbocycles. The Morgan fingerprint density at radius 2 is 2.20 bits per heavy atom. The average molecular weight is 154 g/mol. The fourth-order valence-corrected chi connectivity index (χ4v) is 2.18.